The Labute approximate surface area is 143 Å². The molecule has 0 N–H and O–H groups in total. The van der Waals surface area contributed by atoms with Gasteiger partial charge in [0.1, 0.15) is 11.6 Å². The van der Waals surface area contributed by atoms with Crippen molar-refractivity contribution in [1.82, 2.24) is 4.98 Å². The number of methoxy groups -OCH3 is 1. The largest absolute Gasteiger partial charge is 0.481 e. The highest BCUT2D eigenvalue weighted by Gasteiger charge is 2.15. The summed E-state index contributed by atoms with van der Waals surface area (Å²) >= 11 is 5.45. The number of rotatable bonds is 5. The van der Waals surface area contributed by atoms with Gasteiger partial charge < -0.3 is 9.47 Å². The fourth-order valence-electron chi connectivity index (χ4n) is 2.15. The molecule has 2 rings (SSSR count). The van der Waals surface area contributed by atoms with E-state index >= 15 is 0 Å². The van der Waals surface area contributed by atoms with Gasteiger partial charge in [-0.1, -0.05) is 32.0 Å². The Balaban J connectivity index is 2.18. The summed E-state index contributed by atoms with van der Waals surface area (Å²) in [5.74, 6) is 2.43. The molecule has 1 aromatic heterocycles. The standard InChI is InChI=1S/C18H22N2O2S/c1-5-20(16-10-7-11-17(19-16)21-4)18(23)22-15-9-6-8-14(12-15)13(2)3/h6-13H,5H2,1-4H3. The summed E-state index contributed by atoms with van der Waals surface area (Å²) in [6.45, 7) is 6.95. The van der Waals surface area contributed by atoms with Gasteiger partial charge in [0.05, 0.1) is 7.11 Å². The normalized spacial score (nSPS) is 10.5. The van der Waals surface area contributed by atoms with E-state index in [1.807, 2.05) is 42.2 Å². The van der Waals surface area contributed by atoms with Gasteiger partial charge in [-0.3, -0.25) is 4.90 Å². The Morgan fingerprint density at radius 3 is 2.61 bits per heavy atom. The molecule has 0 amide bonds. The average Bonchev–Trinajstić information content (AvgIpc) is 2.56. The number of anilines is 1. The summed E-state index contributed by atoms with van der Waals surface area (Å²) in [4.78, 5) is 6.24. The van der Waals surface area contributed by atoms with Gasteiger partial charge in [0.25, 0.3) is 5.17 Å². The van der Waals surface area contributed by atoms with Crippen molar-refractivity contribution >= 4 is 23.2 Å². The Kier molecular flexibility index (Phi) is 5.93. The first-order chi connectivity index (χ1) is 11.0. The van der Waals surface area contributed by atoms with Crippen molar-refractivity contribution in [1.29, 1.82) is 0 Å². The van der Waals surface area contributed by atoms with Gasteiger partial charge >= 0.3 is 0 Å². The van der Waals surface area contributed by atoms with Crippen molar-refractivity contribution in [3.8, 4) is 11.6 Å². The third-order valence-electron chi connectivity index (χ3n) is 3.46. The maximum Gasteiger partial charge on any atom is 0.270 e. The monoisotopic (exact) mass is 330 g/mol. The van der Waals surface area contributed by atoms with Crippen molar-refractivity contribution in [3.63, 3.8) is 0 Å². The first-order valence-corrected chi connectivity index (χ1v) is 8.06. The van der Waals surface area contributed by atoms with Gasteiger partial charge in [-0.2, -0.15) is 4.98 Å². The molecule has 2 aromatic rings. The van der Waals surface area contributed by atoms with Crippen LogP contribution in [0.2, 0.25) is 0 Å². The van der Waals surface area contributed by atoms with E-state index in [2.05, 4.69) is 24.9 Å². The van der Waals surface area contributed by atoms with Crippen LogP contribution >= 0.6 is 12.2 Å². The molecule has 0 bridgehead atoms. The Hall–Kier alpha value is -2.14. The number of aromatic nitrogens is 1. The predicted octanol–water partition coefficient (Wildman–Crippen LogP) is 4.40. The van der Waals surface area contributed by atoms with E-state index in [9.17, 15) is 0 Å². The van der Waals surface area contributed by atoms with Crippen LogP contribution < -0.4 is 14.4 Å². The van der Waals surface area contributed by atoms with Crippen molar-refractivity contribution in [2.45, 2.75) is 26.7 Å². The highest BCUT2D eigenvalue weighted by Crippen LogP contribution is 2.22. The summed E-state index contributed by atoms with van der Waals surface area (Å²) in [6, 6.07) is 13.6. The fraction of sp³-hybridized carbons (Fsp3) is 0.333. The summed E-state index contributed by atoms with van der Waals surface area (Å²) in [6.07, 6.45) is 0. The minimum Gasteiger partial charge on any atom is -0.481 e. The van der Waals surface area contributed by atoms with Gasteiger partial charge in [0.15, 0.2) is 0 Å². The zero-order valence-corrected chi connectivity index (χ0v) is 14.8. The molecule has 0 aliphatic rings. The van der Waals surface area contributed by atoms with Crippen LogP contribution in [0.15, 0.2) is 42.5 Å². The summed E-state index contributed by atoms with van der Waals surface area (Å²) in [5, 5.41) is 0.370. The van der Waals surface area contributed by atoms with Gasteiger partial charge in [-0.25, -0.2) is 0 Å². The number of thiocarbonyl (C=S) groups is 1. The Morgan fingerprint density at radius 2 is 1.96 bits per heavy atom. The second-order valence-electron chi connectivity index (χ2n) is 5.38. The molecular formula is C18H22N2O2S. The van der Waals surface area contributed by atoms with Crippen LogP contribution in [0.5, 0.6) is 11.6 Å². The molecule has 1 aromatic carbocycles. The van der Waals surface area contributed by atoms with E-state index in [-0.39, 0.29) is 0 Å². The van der Waals surface area contributed by atoms with Crippen molar-refractivity contribution < 1.29 is 9.47 Å². The number of benzene rings is 1. The topological polar surface area (TPSA) is 34.6 Å². The van der Waals surface area contributed by atoms with Crippen molar-refractivity contribution in [3.05, 3.63) is 48.0 Å². The van der Waals surface area contributed by atoms with Gasteiger partial charge in [0.2, 0.25) is 5.88 Å². The number of pyridine rings is 1. The minimum atomic E-state index is 0.370. The van der Waals surface area contributed by atoms with E-state index in [1.54, 1.807) is 13.2 Å². The molecule has 4 nitrogen and oxygen atoms in total. The molecule has 23 heavy (non-hydrogen) atoms. The van der Waals surface area contributed by atoms with Crippen LogP contribution in [0.4, 0.5) is 5.82 Å². The second-order valence-corrected chi connectivity index (χ2v) is 5.73. The highest BCUT2D eigenvalue weighted by molar-refractivity contribution is 7.80. The van der Waals surface area contributed by atoms with Crippen LogP contribution in [0.25, 0.3) is 0 Å². The molecule has 0 saturated heterocycles. The quantitative estimate of drug-likeness (QED) is 0.759. The molecule has 1 heterocycles. The highest BCUT2D eigenvalue weighted by atomic mass is 32.1. The SMILES string of the molecule is CCN(C(=S)Oc1cccc(C(C)C)c1)c1cccc(OC)n1. The average molecular weight is 330 g/mol. The maximum atomic E-state index is 5.86. The number of nitrogens with zero attached hydrogens (tertiary/aromatic N) is 2. The summed E-state index contributed by atoms with van der Waals surface area (Å²) in [7, 11) is 1.59. The van der Waals surface area contributed by atoms with E-state index in [4.69, 9.17) is 21.7 Å². The first kappa shape index (κ1) is 17.2. The molecular weight excluding hydrogens is 308 g/mol. The molecule has 5 heteroatoms. The summed E-state index contributed by atoms with van der Waals surface area (Å²) < 4.78 is 11.0. The van der Waals surface area contributed by atoms with Crippen LogP contribution in [-0.2, 0) is 0 Å². The Bertz CT molecular complexity index is 674. The van der Waals surface area contributed by atoms with E-state index in [1.165, 1.54) is 5.56 Å². The van der Waals surface area contributed by atoms with Gasteiger partial charge in [-0.05, 0) is 48.8 Å². The van der Waals surface area contributed by atoms with E-state index < -0.39 is 0 Å². The van der Waals surface area contributed by atoms with Gasteiger partial charge in [-0.15, -0.1) is 0 Å². The zero-order valence-electron chi connectivity index (χ0n) is 13.9. The molecule has 0 saturated carbocycles. The molecule has 0 aliphatic carbocycles. The lowest BCUT2D eigenvalue weighted by Crippen LogP contribution is -2.33. The maximum absolute atomic E-state index is 5.86. The predicted molar refractivity (Wildman–Crippen MR) is 97.6 cm³/mol. The second kappa shape index (κ2) is 7.92. The van der Waals surface area contributed by atoms with Crippen molar-refractivity contribution in [2.24, 2.45) is 0 Å². The number of hydrogen-bond acceptors (Lipinski definition) is 4. The molecule has 0 atom stereocenters. The van der Waals surface area contributed by atoms with Crippen LogP contribution in [-0.4, -0.2) is 23.8 Å². The third-order valence-corrected chi connectivity index (χ3v) is 3.76. The zero-order chi connectivity index (χ0) is 16.8. The fourth-order valence-corrected chi connectivity index (χ4v) is 2.46. The lowest BCUT2D eigenvalue weighted by molar-refractivity contribution is 0.398. The van der Waals surface area contributed by atoms with Crippen molar-refractivity contribution in [2.75, 3.05) is 18.6 Å². The molecule has 0 unspecified atom stereocenters. The lowest BCUT2D eigenvalue weighted by atomic mass is 10.0. The molecule has 122 valence electrons. The molecule has 0 radical (unpaired) electrons. The summed E-state index contributed by atoms with van der Waals surface area (Å²) in [5.41, 5.74) is 1.22. The Morgan fingerprint density at radius 1 is 1.22 bits per heavy atom. The first-order valence-electron chi connectivity index (χ1n) is 7.65. The third kappa shape index (κ3) is 4.42. The van der Waals surface area contributed by atoms with E-state index in [0.717, 1.165) is 5.75 Å². The van der Waals surface area contributed by atoms with E-state index in [0.29, 0.717) is 29.3 Å². The lowest BCUT2D eigenvalue weighted by Gasteiger charge is -2.22. The number of hydrogen-bond donors (Lipinski definition) is 0. The minimum absolute atomic E-state index is 0.370. The van der Waals surface area contributed by atoms with Crippen LogP contribution in [0.1, 0.15) is 32.3 Å². The van der Waals surface area contributed by atoms with Crippen LogP contribution in [0.3, 0.4) is 0 Å². The van der Waals surface area contributed by atoms with Crippen LogP contribution in [0, 0.1) is 0 Å². The smallest absolute Gasteiger partial charge is 0.270 e. The van der Waals surface area contributed by atoms with Gasteiger partial charge in [0, 0.05) is 12.6 Å². The molecule has 0 spiro atoms. The molecule has 0 fully saturated rings. The number of ether oxygens (including phenoxy) is 2. The molecule has 0 aliphatic heterocycles.